The van der Waals surface area contributed by atoms with Gasteiger partial charge in [-0.15, -0.1) is 5.10 Å². The van der Waals surface area contributed by atoms with E-state index in [-0.39, 0.29) is 0 Å². The van der Waals surface area contributed by atoms with E-state index in [1.54, 1.807) is 0 Å². The summed E-state index contributed by atoms with van der Waals surface area (Å²) in [6.45, 7) is 0. The lowest BCUT2D eigenvalue weighted by molar-refractivity contribution is 0.671. The van der Waals surface area contributed by atoms with Gasteiger partial charge in [-0.2, -0.15) is 0 Å². The van der Waals surface area contributed by atoms with E-state index >= 15 is 0 Å². The summed E-state index contributed by atoms with van der Waals surface area (Å²) in [6.07, 6.45) is 0. The van der Waals surface area contributed by atoms with Crippen molar-refractivity contribution in [2.75, 3.05) is 0 Å². The Morgan fingerprint density at radius 1 is 0.429 bits per heavy atom. The van der Waals surface area contributed by atoms with Crippen molar-refractivity contribution in [2.24, 2.45) is 0 Å². The standard InChI is InChI=1S/C50H31N5O/c1-3-15-32(16-4-1)49-51-50(55(52-49)33-17-5-2-6-18-33)41-24-14-27-44-46(41)40-23-8-11-26-43(40)53(44)34-19-13-20-35(31-34)54-42-25-10-7-21-36(42)38-29-30-39-37-22-9-12-28-45(37)56-48(39)47(38)54/h1-31H. The van der Waals surface area contributed by atoms with Crippen LogP contribution < -0.4 is 0 Å². The molecule has 0 radical (unpaired) electrons. The summed E-state index contributed by atoms with van der Waals surface area (Å²) in [7, 11) is 0. The quantitative estimate of drug-likeness (QED) is 0.178. The van der Waals surface area contributed by atoms with E-state index in [1.807, 2.05) is 47.1 Å². The van der Waals surface area contributed by atoms with Crippen molar-refractivity contribution in [3.63, 3.8) is 0 Å². The Morgan fingerprint density at radius 2 is 1.04 bits per heavy atom. The molecule has 0 aliphatic rings. The van der Waals surface area contributed by atoms with Gasteiger partial charge in [0, 0.05) is 54.8 Å². The molecule has 0 amide bonds. The first-order valence-corrected chi connectivity index (χ1v) is 18.8. The molecule has 0 atom stereocenters. The molecule has 8 aromatic carbocycles. The fourth-order valence-electron chi connectivity index (χ4n) is 8.70. The zero-order chi connectivity index (χ0) is 36.7. The van der Waals surface area contributed by atoms with E-state index < -0.39 is 0 Å². The number of nitrogens with zero attached hydrogens (tertiary/aromatic N) is 5. The summed E-state index contributed by atoms with van der Waals surface area (Å²) < 4.78 is 13.4. The molecular weight excluding hydrogens is 687 g/mol. The summed E-state index contributed by atoms with van der Waals surface area (Å²) in [5.41, 5.74) is 11.2. The molecule has 0 saturated heterocycles. The van der Waals surface area contributed by atoms with E-state index in [9.17, 15) is 0 Å². The van der Waals surface area contributed by atoms with Gasteiger partial charge in [-0.25, -0.2) is 9.67 Å². The molecule has 0 saturated carbocycles. The van der Waals surface area contributed by atoms with Crippen molar-refractivity contribution < 1.29 is 4.42 Å². The first kappa shape index (κ1) is 30.7. The Labute approximate surface area is 320 Å². The SMILES string of the molecule is c1ccc(-c2nc(-c3cccc4c3c3ccccc3n4-c3cccc(-n4c5ccccc5c5ccc6c7ccccc7oc6c54)c3)n(-c3ccccc3)n2)cc1. The molecule has 0 aliphatic carbocycles. The maximum Gasteiger partial charge on any atom is 0.182 e. The van der Waals surface area contributed by atoms with Crippen LogP contribution in [0, 0.1) is 0 Å². The van der Waals surface area contributed by atoms with Crippen LogP contribution in [0.4, 0.5) is 0 Å². The van der Waals surface area contributed by atoms with Crippen LogP contribution in [0.1, 0.15) is 0 Å². The number of rotatable bonds is 5. The highest BCUT2D eigenvalue weighted by Gasteiger charge is 2.23. The van der Waals surface area contributed by atoms with E-state index in [1.165, 1.54) is 5.39 Å². The molecule has 0 N–H and O–H groups in total. The molecule has 12 rings (SSSR count). The predicted octanol–water partition coefficient (Wildman–Crippen LogP) is 12.7. The normalized spacial score (nSPS) is 11.9. The van der Waals surface area contributed by atoms with Crippen LogP contribution >= 0.6 is 0 Å². The van der Waals surface area contributed by atoms with Gasteiger partial charge in [0.25, 0.3) is 0 Å². The van der Waals surface area contributed by atoms with E-state index in [2.05, 4.69) is 155 Å². The molecule has 6 heteroatoms. The number of hydrogen-bond donors (Lipinski definition) is 0. The second-order valence-electron chi connectivity index (χ2n) is 14.2. The number of para-hydroxylation sites is 4. The molecule has 4 aromatic heterocycles. The molecule has 0 bridgehead atoms. The van der Waals surface area contributed by atoms with Crippen LogP contribution in [0.3, 0.4) is 0 Å². The highest BCUT2D eigenvalue weighted by molar-refractivity contribution is 6.21. The van der Waals surface area contributed by atoms with Gasteiger partial charge in [0.1, 0.15) is 5.58 Å². The van der Waals surface area contributed by atoms with Crippen molar-refractivity contribution in [3.05, 3.63) is 188 Å². The second-order valence-corrected chi connectivity index (χ2v) is 14.2. The third-order valence-electron chi connectivity index (χ3n) is 11.1. The van der Waals surface area contributed by atoms with Crippen LogP contribution in [0.25, 0.3) is 105 Å². The summed E-state index contributed by atoms with van der Waals surface area (Å²) in [4.78, 5) is 5.24. The smallest absolute Gasteiger partial charge is 0.182 e. The maximum absolute atomic E-state index is 6.66. The molecule has 0 unspecified atom stereocenters. The molecule has 0 aliphatic heterocycles. The number of furan rings is 1. The topological polar surface area (TPSA) is 53.7 Å². The summed E-state index contributed by atoms with van der Waals surface area (Å²) in [5, 5.41) is 11.9. The molecule has 12 aromatic rings. The summed E-state index contributed by atoms with van der Waals surface area (Å²) in [6, 6.07) is 65.9. The van der Waals surface area contributed by atoms with Crippen LogP contribution in [-0.4, -0.2) is 23.9 Å². The molecule has 262 valence electrons. The number of fused-ring (bicyclic) bond motifs is 10. The van der Waals surface area contributed by atoms with Crippen molar-refractivity contribution >= 4 is 65.6 Å². The van der Waals surface area contributed by atoms with E-state index in [0.717, 1.165) is 94.2 Å². The summed E-state index contributed by atoms with van der Waals surface area (Å²) in [5.74, 6) is 1.47. The number of hydrogen-bond acceptors (Lipinski definition) is 3. The fraction of sp³-hybridized carbons (Fsp3) is 0. The van der Waals surface area contributed by atoms with Crippen molar-refractivity contribution in [3.8, 4) is 39.8 Å². The van der Waals surface area contributed by atoms with Gasteiger partial charge in [0.05, 0.1) is 27.8 Å². The minimum atomic E-state index is 0.683. The molecule has 6 nitrogen and oxygen atoms in total. The highest BCUT2D eigenvalue weighted by atomic mass is 16.3. The van der Waals surface area contributed by atoms with E-state index in [0.29, 0.717) is 5.82 Å². The third kappa shape index (κ3) is 4.44. The lowest BCUT2D eigenvalue weighted by atomic mass is 10.1. The monoisotopic (exact) mass is 717 g/mol. The zero-order valence-electron chi connectivity index (χ0n) is 30.0. The predicted molar refractivity (Wildman–Crippen MR) is 228 cm³/mol. The van der Waals surface area contributed by atoms with Crippen LogP contribution in [-0.2, 0) is 0 Å². The van der Waals surface area contributed by atoms with Crippen LogP contribution in [0.2, 0.25) is 0 Å². The van der Waals surface area contributed by atoms with Gasteiger partial charge in [-0.1, -0.05) is 127 Å². The first-order chi connectivity index (χ1) is 27.8. The first-order valence-electron chi connectivity index (χ1n) is 18.8. The lowest BCUT2D eigenvalue weighted by Gasteiger charge is -2.13. The van der Waals surface area contributed by atoms with Crippen molar-refractivity contribution in [1.82, 2.24) is 23.9 Å². The number of aromatic nitrogens is 5. The summed E-state index contributed by atoms with van der Waals surface area (Å²) >= 11 is 0. The Kier molecular flexibility index (Phi) is 6.53. The van der Waals surface area contributed by atoms with Crippen LogP contribution in [0.15, 0.2) is 192 Å². The van der Waals surface area contributed by atoms with Crippen molar-refractivity contribution in [2.45, 2.75) is 0 Å². The van der Waals surface area contributed by atoms with Crippen LogP contribution in [0.5, 0.6) is 0 Å². The van der Waals surface area contributed by atoms with Gasteiger partial charge < -0.3 is 13.6 Å². The van der Waals surface area contributed by atoms with Gasteiger partial charge in [-0.05, 0) is 60.7 Å². The lowest BCUT2D eigenvalue weighted by Crippen LogP contribution is -2.00. The minimum absolute atomic E-state index is 0.683. The average Bonchev–Trinajstić information content (AvgIpc) is 4.04. The van der Waals surface area contributed by atoms with E-state index in [4.69, 9.17) is 14.5 Å². The third-order valence-corrected chi connectivity index (χ3v) is 11.1. The zero-order valence-corrected chi connectivity index (χ0v) is 30.0. The molecule has 0 fully saturated rings. The minimum Gasteiger partial charge on any atom is -0.454 e. The fourth-order valence-corrected chi connectivity index (χ4v) is 8.70. The Balaban J connectivity index is 1.11. The largest absolute Gasteiger partial charge is 0.454 e. The van der Waals surface area contributed by atoms with Gasteiger partial charge >= 0.3 is 0 Å². The van der Waals surface area contributed by atoms with Gasteiger partial charge in [0.15, 0.2) is 17.2 Å². The van der Waals surface area contributed by atoms with Crippen molar-refractivity contribution in [1.29, 1.82) is 0 Å². The molecular formula is C50H31N5O. The number of benzene rings is 8. The van der Waals surface area contributed by atoms with Gasteiger partial charge in [0.2, 0.25) is 0 Å². The highest BCUT2D eigenvalue weighted by Crippen LogP contribution is 2.42. The second kappa shape index (κ2) is 11.9. The Hall–Kier alpha value is -7.70. The Bertz CT molecular complexity index is 3480. The van der Waals surface area contributed by atoms with Gasteiger partial charge in [-0.3, -0.25) is 0 Å². The Morgan fingerprint density at radius 3 is 1.86 bits per heavy atom. The average molecular weight is 718 g/mol. The maximum atomic E-state index is 6.66. The molecule has 0 spiro atoms. The molecule has 56 heavy (non-hydrogen) atoms. The molecule has 4 heterocycles.